The standard InChI is InChI=1S/C18H18Cl2N4O5/c1-8-9(2)24(29)17(23(8)5-6-25)13(11-4-3-10(19)7-12(11)20)14-15(26)21-18(28)22-16(14)27/h3-4,7,13-14,25H,5-6H2,1-2H3,(H2,21,22,26,27,28)/t13-/m1/s1. The van der Waals surface area contributed by atoms with Crippen LogP contribution in [0.1, 0.15) is 28.7 Å². The molecule has 1 atom stereocenters. The number of imide groups is 2. The first-order valence-electron chi connectivity index (χ1n) is 8.68. The fourth-order valence-corrected chi connectivity index (χ4v) is 4.05. The Labute approximate surface area is 175 Å². The smallest absolute Gasteiger partial charge is 0.328 e. The quantitative estimate of drug-likeness (QED) is 0.365. The molecule has 1 aliphatic heterocycles. The van der Waals surface area contributed by atoms with Crippen LogP contribution in [0.3, 0.4) is 0 Å². The first-order chi connectivity index (χ1) is 13.7. The third-order valence-corrected chi connectivity index (χ3v) is 5.55. The fraction of sp³-hybridized carbons (Fsp3) is 0.333. The summed E-state index contributed by atoms with van der Waals surface area (Å²) < 4.78 is 2.15. The number of hydrogen-bond donors (Lipinski definition) is 3. The van der Waals surface area contributed by atoms with Crippen LogP contribution in [0.25, 0.3) is 0 Å². The molecule has 0 saturated carbocycles. The highest BCUT2D eigenvalue weighted by Gasteiger charge is 2.47. The minimum absolute atomic E-state index is 0.0444. The van der Waals surface area contributed by atoms with Gasteiger partial charge in [-0.1, -0.05) is 29.3 Å². The summed E-state index contributed by atoms with van der Waals surface area (Å²) in [6, 6.07) is 3.54. The summed E-state index contributed by atoms with van der Waals surface area (Å²) in [5, 5.41) is 27.1. The number of rotatable bonds is 5. The molecule has 29 heavy (non-hydrogen) atoms. The summed E-state index contributed by atoms with van der Waals surface area (Å²) in [6.07, 6.45) is 0. The molecule has 0 bridgehead atoms. The normalized spacial score (nSPS) is 16.0. The van der Waals surface area contributed by atoms with Crippen molar-refractivity contribution in [1.29, 1.82) is 0 Å². The van der Waals surface area contributed by atoms with E-state index in [0.29, 0.717) is 26.7 Å². The molecule has 11 heteroatoms. The molecule has 3 rings (SSSR count). The van der Waals surface area contributed by atoms with E-state index in [4.69, 9.17) is 23.2 Å². The molecular weight excluding hydrogens is 423 g/mol. The van der Waals surface area contributed by atoms with E-state index in [0.717, 1.165) is 0 Å². The second-order valence-electron chi connectivity index (χ2n) is 6.63. The summed E-state index contributed by atoms with van der Waals surface area (Å²) in [4.78, 5) is 36.8. The van der Waals surface area contributed by atoms with Crippen molar-refractivity contribution >= 4 is 41.0 Å². The zero-order chi connectivity index (χ0) is 21.5. The predicted octanol–water partition coefficient (Wildman–Crippen LogP) is 1.15. The number of nitrogens with zero attached hydrogens (tertiary/aromatic N) is 2. The Morgan fingerprint density at radius 1 is 1.21 bits per heavy atom. The first kappa shape index (κ1) is 21.1. The van der Waals surface area contributed by atoms with Gasteiger partial charge < -0.3 is 10.3 Å². The van der Waals surface area contributed by atoms with E-state index in [1.165, 1.54) is 22.8 Å². The molecule has 1 saturated heterocycles. The van der Waals surface area contributed by atoms with Crippen LogP contribution >= 0.6 is 23.2 Å². The molecule has 1 aromatic heterocycles. The van der Waals surface area contributed by atoms with Gasteiger partial charge in [-0.2, -0.15) is 0 Å². The number of carbonyl (C=O) groups is 3. The average Bonchev–Trinajstić information content (AvgIpc) is 2.83. The maximum atomic E-state index is 13.0. The van der Waals surface area contributed by atoms with E-state index >= 15 is 0 Å². The van der Waals surface area contributed by atoms with Crippen molar-refractivity contribution in [2.45, 2.75) is 26.3 Å². The van der Waals surface area contributed by atoms with Crippen LogP contribution in [-0.4, -0.2) is 34.1 Å². The third-order valence-electron chi connectivity index (χ3n) is 4.99. The lowest BCUT2D eigenvalue weighted by Crippen LogP contribution is -2.58. The lowest BCUT2D eigenvalue weighted by molar-refractivity contribution is -0.621. The number of aliphatic hydroxyl groups excluding tert-OH is 1. The number of imidazole rings is 1. The number of barbiturate groups is 1. The lowest BCUT2D eigenvalue weighted by atomic mass is 9.83. The predicted molar refractivity (Wildman–Crippen MR) is 103 cm³/mol. The number of hydrogen-bond acceptors (Lipinski definition) is 5. The van der Waals surface area contributed by atoms with Crippen LogP contribution in [0.4, 0.5) is 4.79 Å². The van der Waals surface area contributed by atoms with Crippen LogP contribution in [0, 0.1) is 25.0 Å². The van der Waals surface area contributed by atoms with E-state index in [1.54, 1.807) is 13.8 Å². The van der Waals surface area contributed by atoms with E-state index < -0.39 is 29.7 Å². The van der Waals surface area contributed by atoms with Gasteiger partial charge in [0, 0.05) is 23.9 Å². The number of halogens is 2. The number of amides is 4. The molecule has 0 spiro atoms. The van der Waals surface area contributed by atoms with Crippen LogP contribution in [-0.2, 0) is 16.1 Å². The van der Waals surface area contributed by atoms with Gasteiger partial charge in [0.05, 0.1) is 6.61 Å². The van der Waals surface area contributed by atoms with Crippen molar-refractivity contribution in [3.05, 3.63) is 56.2 Å². The topological polar surface area (TPSA) is 127 Å². The van der Waals surface area contributed by atoms with Gasteiger partial charge in [-0.05, 0) is 17.7 Å². The molecule has 1 fully saturated rings. The van der Waals surface area contributed by atoms with Crippen molar-refractivity contribution in [2.24, 2.45) is 5.92 Å². The minimum Gasteiger partial charge on any atom is -0.711 e. The number of benzene rings is 1. The Morgan fingerprint density at radius 3 is 2.38 bits per heavy atom. The van der Waals surface area contributed by atoms with Gasteiger partial charge >= 0.3 is 6.03 Å². The number of urea groups is 1. The number of aromatic nitrogens is 2. The van der Waals surface area contributed by atoms with Crippen LogP contribution in [0.5, 0.6) is 0 Å². The summed E-state index contributed by atoms with van der Waals surface area (Å²) in [5.74, 6) is -4.26. The summed E-state index contributed by atoms with van der Waals surface area (Å²) in [6.45, 7) is 3.07. The maximum Gasteiger partial charge on any atom is 0.328 e. The highest BCUT2D eigenvalue weighted by atomic mass is 35.5. The molecular formula is C18H18Cl2N4O5. The number of aliphatic hydroxyl groups is 1. The zero-order valence-corrected chi connectivity index (χ0v) is 17.0. The number of carbonyl (C=O) groups excluding carboxylic acids is 3. The van der Waals surface area contributed by atoms with Crippen LogP contribution in [0.2, 0.25) is 10.0 Å². The first-order valence-corrected chi connectivity index (χ1v) is 9.43. The molecule has 1 aliphatic rings. The van der Waals surface area contributed by atoms with Gasteiger partial charge in [0.15, 0.2) is 0 Å². The molecule has 9 nitrogen and oxygen atoms in total. The van der Waals surface area contributed by atoms with E-state index in [9.17, 15) is 24.7 Å². The zero-order valence-electron chi connectivity index (χ0n) is 15.5. The van der Waals surface area contributed by atoms with Crippen molar-refractivity contribution in [1.82, 2.24) is 15.2 Å². The van der Waals surface area contributed by atoms with E-state index in [1.807, 2.05) is 0 Å². The molecule has 154 valence electrons. The van der Waals surface area contributed by atoms with Gasteiger partial charge in [-0.15, -0.1) is 0 Å². The second-order valence-corrected chi connectivity index (χ2v) is 7.47. The van der Waals surface area contributed by atoms with Crippen LogP contribution < -0.4 is 15.4 Å². The second kappa shape index (κ2) is 8.02. The van der Waals surface area contributed by atoms with Gasteiger partial charge in [0.2, 0.25) is 11.8 Å². The summed E-state index contributed by atoms with van der Waals surface area (Å²) >= 11 is 12.3. The van der Waals surface area contributed by atoms with Crippen LogP contribution in [0.15, 0.2) is 18.2 Å². The molecule has 0 radical (unpaired) electrons. The van der Waals surface area contributed by atoms with Crippen molar-refractivity contribution in [2.75, 3.05) is 6.61 Å². The maximum absolute atomic E-state index is 13.0. The monoisotopic (exact) mass is 440 g/mol. The molecule has 0 aliphatic carbocycles. The molecule has 2 heterocycles. The lowest BCUT2D eigenvalue weighted by Gasteiger charge is -2.28. The SMILES string of the molecule is Cc1c(C)[n+]([O-])c([C@H](c2ccc(Cl)cc2Cl)C2C(=O)NC(=O)NC2=O)n1CCO. The molecule has 3 N–H and O–H groups in total. The Kier molecular flexibility index (Phi) is 5.83. The van der Waals surface area contributed by atoms with Crippen molar-refractivity contribution in [3.8, 4) is 0 Å². The Morgan fingerprint density at radius 2 is 1.83 bits per heavy atom. The molecule has 0 unspecified atom stereocenters. The minimum atomic E-state index is -1.45. The largest absolute Gasteiger partial charge is 0.711 e. The average molecular weight is 441 g/mol. The summed E-state index contributed by atoms with van der Waals surface area (Å²) in [7, 11) is 0. The van der Waals surface area contributed by atoms with E-state index in [2.05, 4.69) is 10.6 Å². The third kappa shape index (κ3) is 3.68. The molecule has 2 aromatic rings. The highest BCUT2D eigenvalue weighted by Crippen LogP contribution is 2.38. The van der Waals surface area contributed by atoms with Gasteiger partial charge in [-0.25, -0.2) is 14.1 Å². The summed E-state index contributed by atoms with van der Waals surface area (Å²) in [5.41, 5.74) is 1.21. The van der Waals surface area contributed by atoms with Gasteiger partial charge in [-0.3, -0.25) is 20.2 Å². The van der Waals surface area contributed by atoms with Gasteiger partial charge in [0.1, 0.15) is 29.8 Å². The molecule has 1 aromatic carbocycles. The van der Waals surface area contributed by atoms with Crippen molar-refractivity contribution < 1.29 is 24.2 Å². The Bertz CT molecular complexity index is 1000. The molecule has 4 amide bonds. The van der Waals surface area contributed by atoms with Gasteiger partial charge in [0.25, 0.3) is 5.82 Å². The highest BCUT2D eigenvalue weighted by molar-refractivity contribution is 6.35. The Hall–Kier alpha value is -2.62. The van der Waals surface area contributed by atoms with Crippen molar-refractivity contribution in [3.63, 3.8) is 0 Å². The van der Waals surface area contributed by atoms with E-state index in [-0.39, 0.29) is 24.0 Å². The fourth-order valence-electron chi connectivity index (χ4n) is 3.53. The number of nitrogens with one attached hydrogen (secondary N) is 2. The Balaban J connectivity index is 2.30.